The molecule has 2 N–H and O–H groups in total. The normalized spacial score (nSPS) is 21.8. The van der Waals surface area contributed by atoms with E-state index in [2.05, 4.69) is 10.6 Å². The molecule has 0 unspecified atom stereocenters. The Balaban J connectivity index is 1.40. The number of rotatable bonds is 3. The average molecular weight is 468 g/mol. The molecule has 1 aromatic carbocycles. The number of hydroxylamine groups is 2. The SMILES string of the molecule is Cc1cc(C)n(C(=O)N[C@@H]2CON(C3CCOCC3)C2=O)c1/C=C1\C(=O)Nc2ccc(F)cc21. The molecule has 0 spiro atoms. The number of halogens is 1. The van der Waals surface area contributed by atoms with Crippen molar-refractivity contribution in [2.45, 2.75) is 38.8 Å². The third-order valence-electron chi connectivity index (χ3n) is 6.39. The molecule has 0 saturated carbocycles. The molecule has 2 aromatic rings. The summed E-state index contributed by atoms with van der Waals surface area (Å²) in [7, 11) is 0. The maximum Gasteiger partial charge on any atom is 0.326 e. The lowest BCUT2D eigenvalue weighted by molar-refractivity contribution is -0.181. The van der Waals surface area contributed by atoms with E-state index in [0.29, 0.717) is 48.7 Å². The monoisotopic (exact) mass is 468 g/mol. The highest BCUT2D eigenvalue weighted by Crippen LogP contribution is 2.34. The highest BCUT2D eigenvalue weighted by molar-refractivity contribution is 6.35. The Bertz CT molecular complexity index is 1210. The van der Waals surface area contributed by atoms with Crippen molar-refractivity contribution in [2.24, 2.45) is 0 Å². The summed E-state index contributed by atoms with van der Waals surface area (Å²) in [6.45, 7) is 4.76. The predicted molar refractivity (Wildman–Crippen MR) is 121 cm³/mol. The fourth-order valence-electron chi connectivity index (χ4n) is 4.67. The van der Waals surface area contributed by atoms with Gasteiger partial charge in [0.25, 0.3) is 11.8 Å². The molecule has 0 aliphatic carbocycles. The minimum Gasteiger partial charge on any atom is -0.381 e. The van der Waals surface area contributed by atoms with Crippen molar-refractivity contribution in [3.8, 4) is 0 Å². The number of hydrogen-bond donors (Lipinski definition) is 2. The molecule has 3 aliphatic heterocycles. The van der Waals surface area contributed by atoms with E-state index in [1.54, 1.807) is 13.0 Å². The summed E-state index contributed by atoms with van der Waals surface area (Å²) in [6.07, 6.45) is 2.94. The minimum absolute atomic E-state index is 0.0483. The van der Waals surface area contributed by atoms with E-state index in [4.69, 9.17) is 9.57 Å². The van der Waals surface area contributed by atoms with E-state index in [9.17, 15) is 18.8 Å². The summed E-state index contributed by atoms with van der Waals surface area (Å²) >= 11 is 0. The van der Waals surface area contributed by atoms with Crippen LogP contribution in [0.3, 0.4) is 0 Å². The Labute approximate surface area is 195 Å². The largest absolute Gasteiger partial charge is 0.381 e. The lowest BCUT2D eigenvalue weighted by Gasteiger charge is -2.29. The van der Waals surface area contributed by atoms with Crippen LogP contribution in [0.25, 0.3) is 11.6 Å². The highest BCUT2D eigenvalue weighted by atomic mass is 19.1. The van der Waals surface area contributed by atoms with Gasteiger partial charge in [-0.1, -0.05) is 0 Å². The zero-order valence-electron chi connectivity index (χ0n) is 18.9. The van der Waals surface area contributed by atoms with Gasteiger partial charge in [-0.2, -0.15) is 0 Å². The second-order valence-electron chi connectivity index (χ2n) is 8.70. The molecule has 2 fully saturated rings. The third kappa shape index (κ3) is 3.88. The van der Waals surface area contributed by atoms with Gasteiger partial charge in [-0.05, 0) is 62.6 Å². The van der Waals surface area contributed by atoms with Gasteiger partial charge in [-0.25, -0.2) is 14.2 Å². The first-order chi connectivity index (χ1) is 16.3. The quantitative estimate of drug-likeness (QED) is 0.675. The molecule has 34 heavy (non-hydrogen) atoms. The van der Waals surface area contributed by atoms with Gasteiger partial charge in [0, 0.05) is 30.2 Å². The minimum atomic E-state index is -0.817. The smallest absolute Gasteiger partial charge is 0.326 e. The van der Waals surface area contributed by atoms with Crippen LogP contribution >= 0.6 is 0 Å². The second kappa shape index (κ2) is 8.69. The van der Waals surface area contributed by atoms with E-state index in [0.717, 1.165) is 5.56 Å². The number of benzene rings is 1. The van der Waals surface area contributed by atoms with Crippen molar-refractivity contribution in [1.29, 1.82) is 0 Å². The van der Waals surface area contributed by atoms with Crippen LogP contribution in [0.1, 0.15) is 35.4 Å². The molecule has 4 heterocycles. The summed E-state index contributed by atoms with van der Waals surface area (Å²) in [6, 6.07) is 4.48. The number of carbonyl (C=O) groups is 3. The molecule has 0 bridgehead atoms. The summed E-state index contributed by atoms with van der Waals surface area (Å²) in [4.78, 5) is 44.3. The van der Waals surface area contributed by atoms with Crippen LogP contribution in [0, 0.1) is 19.7 Å². The summed E-state index contributed by atoms with van der Waals surface area (Å²) in [5.41, 5.74) is 3.07. The van der Waals surface area contributed by atoms with Crippen LogP contribution in [-0.2, 0) is 19.2 Å². The zero-order valence-corrected chi connectivity index (χ0v) is 18.9. The Kier molecular flexibility index (Phi) is 5.70. The molecule has 9 nitrogen and oxygen atoms in total. The van der Waals surface area contributed by atoms with Crippen molar-refractivity contribution in [3.05, 3.63) is 52.6 Å². The average Bonchev–Trinajstić information content (AvgIpc) is 3.42. The van der Waals surface area contributed by atoms with E-state index in [1.165, 1.54) is 27.8 Å². The van der Waals surface area contributed by atoms with Crippen molar-refractivity contribution < 1.29 is 28.3 Å². The number of anilines is 1. The number of nitrogens with one attached hydrogen (secondary N) is 2. The molecule has 178 valence electrons. The van der Waals surface area contributed by atoms with Gasteiger partial charge in [0.15, 0.2) is 0 Å². The van der Waals surface area contributed by atoms with Gasteiger partial charge in [0.2, 0.25) is 0 Å². The fraction of sp³-hybridized carbons (Fsp3) is 0.375. The van der Waals surface area contributed by atoms with Crippen LogP contribution in [-0.4, -0.2) is 59.4 Å². The molecule has 2 saturated heterocycles. The Morgan fingerprint density at radius 1 is 1.21 bits per heavy atom. The molecule has 0 radical (unpaired) electrons. The zero-order chi connectivity index (χ0) is 24.0. The number of aryl methyl sites for hydroxylation is 2. The first-order valence-corrected chi connectivity index (χ1v) is 11.2. The van der Waals surface area contributed by atoms with Gasteiger partial charge < -0.3 is 15.4 Å². The number of fused-ring (bicyclic) bond motifs is 1. The third-order valence-corrected chi connectivity index (χ3v) is 6.39. The number of amides is 3. The number of hydrogen-bond acceptors (Lipinski definition) is 5. The number of nitrogens with zero attached hydrogens (tertiary/aromatic N) is 2. The van der Waals surface area contributed by atoms with Crippen molar-refractivity contribution in [3.63, 3.8) is 0 Å². The Hall–Kier alpha value is -3.50. The predicted octanol–water partition coefficient (Wildman–Crippen LogP) is 2.62. The van der Waals surface area contributed by atoms with Crippen molar-refractivity contribution in [1.82, 2.24) is 14.9 Å². The molecule has 1 aromatic heterocycles. The van der Waals surface area contributed by atoms with E-state index in [-0.39, 0.29) is 30.0 Å². The molecule has 1 atom stereocenters. The molecule has 3 aliphatic rings. The summed E-state index contributed by atoms with van der Waals surface area (Å²) in [5, 5.41) is 6.83. The lowest BCUT2D eigenvalue weighted by atomic mass is 10.0. The molecule has 3 amide bonds. The molecular weight excluding hydrogens is 443 g/mol. The Morgan fingerprint density at radius 3 is 2.74 bits per heavy atom. The summed E-state index contributed by atoms with van der Waals surface area (Å²) < 4.78 is 20.6. The van der Waals surface area contributed by atoms with E-state index in [1.807, 2.05) is 13.0 Å². The van der Waals surface area contributed by atoms with Crippen molar-refractivity contribution in [2.75, 3.05) is 25.1 Å². The van der Waals surface area contributed by atoms with Gasteiger partial charge in [0.1, 0.15) is 18.5 Å². The first-order valence-electron chi connectivity index (χ1n) is 11.2. The van der Waals surface area contributed by atoms with Crippen LogP contribution in [0.15, 0.2) is 24.3 Å². The standard InChI is InChI=1S/C24H25FN4O5/c1-13-9-14(2)28(21(13)11-18-17-10-15(25)3-4-19(17)26-22(18)30)24(32)27-20-12-34-29(23(20)31)16-5-7-33-8-6-16/h3-4,9-11,16,20H,5-8,12H2,1-2H3,(H,26,30)(H,27,32)/b18-11-/t20-/m1/s1. The van der Waals surface area contributed by atoms with E-state index >= 15 is 0 Å². The number of carbonyl (C=O) groups excluding carboxylic acids is 3. The van der Waals surface area contributed by atoms with Gasteiger partial charge in [-0.3, -0.25) is 19.0 Å². The van der Waals surface area contributed by atoms with Gasteiger partial charge in [-0.15, -0.1) is 0 Å². The molecular formula is C24H25FN4O5. The van der Waals surface area contributed by atoms with Gasteiger partial charge >= 0.3 is 6.03 Å². The van der Waals surface area contributed by atoms with Gasteiger partial charge in [0.05, 0.1) is 17.3 Å². The maximum atomic E-state index is 13.8. The topological polar surface area (TPSA) is 102 Å². The maximum absolute atomic E-state index is 13.8. The van der Waals surface area contributed by atoms with E-state index < -0.39 is 17.9 Å². The van der Waals surface area contributed by atoms with Crippen LogP contribution < -0.4 is 10.6 Å². The Morgan fingerprint density at radius 2 is 1.97 bits per heavy atom. The van der Waals surface area contributed by atoms with Crippen LogP contribution in [0.5, 0.6) is 0 Å². The van der Waals surface area contributed by atoms with Crippen LogP contribution in [0.2, 0.25) is 0 Å². The summed E-state index contributed by atoms with van der Waals surface area (Å²) in [5.74, 6) is -1.13. The number of aromatic nitrogens is 1. The highest BCUT2D eigenvalue weighted by Gasteiger charge is 2.39. The number of ether oxygens (including phenoxy) is 1. The molecule has 10 heteroatoms. The first kappa shape index (κ1) is 22.3. The van der Waals surface area contributed by atoms with Crippen LogP contribution in [0.4, 0.5) is 14.9 Å². The molecule has 5 rings (SSSR count). The fourth-order valence-corrected chi connectivity index (χ4v) is 4.67. The second-order valence-corrected chi connectivity index (χ2v) is 8.70. The van der Waals surface area contributed by atoms with Crippen molar-refractivity contribution >= 4 is 35.2 Å². The lowest BCUT2D eigenvalue weighted by Crippen LogP contribution is -2.47.